The number of nitrogens with zero attached hydrogens (tertiary/aromatic N) is 2. The molecule has 0 unspecified atom stereocenters. The van der Waals surface area contributed by atoms with Crippen LogP contribution in [0, 0.1) is 0 Å². The minimum Gasteiger partial charge on any atom is -0.367 e. The van der Waals surface area contributed by atoms with Gasteiger partial charge in [0.15, 0.2) is 0 Å². The molecule has 1 aliphatic carbocycles. The fourth-order valence-electron chi connectivity index (χ4n) is 2.00. The third kappa shape index (κ3) is 1.82. The number of anilines is 2. The lowest BCUT2D eigenvalue weighted by atomic mass is 10.1. The van der Waals surface area contributed by atoms with Gasteiger partial charge in [-0.1, -0.05) is 0 Å². The van der Waals surface area contributed by atoms with Crippen molar-refractivity contribution in [3.63, 3.8) is 0 Å². The molecule has 1 aliphatic heterocycles. The van der Waals surface area contributed by atoms with Gasteiger partial charge in [0.05, 0.1) is 5.69 Å². The van der Waals surface area contributed by atoms with Crippen LogP contribution in [0.2, 0.25) is 0 Å². The zero-order chi connectivity index (χ0) is 11.0. The molecule has 1 aromatic rings. The van der Waals surface area contributed by atoms with Gasteiger partial charge in [0, 0.05) is 38.2 Å². The molecule has 3 N–H and O–H groups in total. The molecule has 3 rings (SSSR count). The van der Waals surface area contributed by atoms with Crippen LogP contribution in [-0.2, 0) is 13.0 Å². The highest BCUT2D eigenvalue weighted by molar-refractivity contribution is 5.52. The molecule has 1 fully saturated rings. The molecule has 0 saturated heterocycles. The Labute approximate surface area is 95.1 Å². The Balaban J connectivity index is 1.97. The van der Waals surface area contributed by atoms with Gasteiger partial charge in [-0.3, -0.25) is 0 Å². The molecule has 1 saturated carbocycles. The zero-order valence-electron chi connectivity index (χ0n) is 9.51. The van der Waals surface area contributed by atoms with Crippen molar-refractivity contribution in [3.8, 4) is 0 Å². The first-order valence-corrected chi connectivity index (χ1v) is 5.91. The van der Waals surface area contributed by atoms with Crippen molar-refractivity contribution in [2.45, 2.75) is 31.8 Å². The Bertz CT molecular complexity index is 400. The predicted octanol–water partition coefficient (Wildman–Crippen LogP) is 0.738. The Morgan fingerprint density at radius 3 is 2.94 bits per heavy atom. The molecule has 1 aromatic heterocycles. The van der Waals surface area contributed by atoms with Gasteiger partial charge in [-0.05, 0) is 12.8 Å². The van der Waals surface area contributed by atoms with E-state index in [1.54, 1.807) is 0 Å². The molecule has 0 amide bonds. The zero-order valence-corrected chi connectivity index (χ0v) is 9.51. The predicted molar refractivity (Wildman–Crippen MR) is 63.6 cm³/mol. The second kappa shape index (κ2) is 3.90. The van der Waals surface area contributed by atoms with Crippen LogP contribution in [0.3, 0.4) is 0 Å². The Morgan fingerprint density at radius 2 is 2.19 bits per heavy atom. The van der Waals surface area contributed by atoms with E-state index in [2.05, 4.69) is 25.9 Å². The Kier molecular flexibility index (Phi) is 2.40. The Hall–Kier alpha value is -1.36. The van der Waals surface area contributed by atoms with Crippen molar-refractivity contribution in [1.82, 2.24) is 15.3 Å². The average Bonchev–Trinajstić information content (AvgIpc) is 3.13. The first-order valence-electron chi connectivity index (χ1n) is 5.91. The second-order valence-corrected chi connectivity index (χ2v) is 4.42. The number of nitrogens with one attached hydrogen (secondary N) is 3. The third-order valence-corrected chi connectivity index (χ3v) is 3.07. The maximum Gasteiger partial charge on any atom is 0.224 e. The van der Waals surface area contributed by atoms with Gasteiger partial charge in [0.25, 0.3) is 0 Å². The van der Waals surface area contributed by atoms with Crippen LogP contribution >= 0.6 is 0 Å². The van der Waals surface area contributed by atoms with E-state index in [9.17, 15) is 0 Å². The summed E-state index contributed by atoms with van der Waals surface area (Å²) in [5, 5.41) is 9.89. The number of hydrogen-bond acceptors (Lipinski definition) is 5. The molecule has 0 spiro atoms. The summed E-state index contributed by atoms with van der Waals surface area (Å²) in [6.07, 6.45) is 3.52. The first kappa shape index (κ1) is 9.84. The monoisotopic (exact) mass is 219 g/mol. The van der Waals surface area contributed by atoms with Crippen molar-refractivity contribution >= 4 is 11.8 Å². The fourth-order valence-corrected chi connectivity index (χ4v) is 2.00. The Morgan fingerprint density at radius 1 is 1.31 bits per heavy atom. The number of rotatable bonds is 3. The van der Waals surface area contributed by atoms with E-state index in [1.807, 2.05) is 7.05 Å². The summed E-state index contributed by atoms with van der Waals surface area (Å²) in [4.78, 5) is 9.03. The van der Waals surface area contributed by atoms with E-state index < -0.39 is 0 Å². The van der Waals surface area contributed by atoms with E-state index in [1.165, 1.54) is 24.1 Å². The molecule has 0 aromatic carbocycles. The van der Waals surface area contributed by atoms with Crippen LogP contribution < -0.4 is 16.0 Å². The lowest BCUT2D eigenvalue weighted by molar-refractivity contribution is 0.628. The van der Waals surface area contributed by atoms with Gasteiger partial charge in [0.1, 0.15) is 5.82 Å². The summed E-state index contributed by atoms with van der Waals surface area (Å²) in [6, 6.07) is 0.630. The third-order valence-electron chi connectivity index (χ3n) is 3.07. The summed E-state index contributed by atoms with van der Waals surface area (Å²) in [7, 11) is 1.86. The van der Waals surface area contributed by atoms with E-state index in [-0.39, 0.29) is 0 Å². The lowest BCUT2D eigenvalue weighted by Gasteiger charge is -2.20. The van der Waals surface area contributed by atoms with Crippen molar-refractivity contribution in [3.05, 3.63) is 11.3 Å². The van der Waals surface area contributed by atoms with E-state index in [0.717, 1.165) is 31.3 Å². The maximum atomic E-state index is 4.52. The van der Waals surface area contributed by atoms with Gasteiger partial charge in [0.2, 0.25) is 5.95 Å². The van der Waals surface area contributed by atoms with E-state index in [0.29, 0.717) is 6.04 Å². The molecule has 2 aliphatic rings. The van der Waals surface area contributed by atoms with Crippen molar-refractivity contribution in [2.24, 2.45) is 0 Å². The normalized spacial score (nSPS) is 19.1. The maximum absolute atomic E-state index is 4.52. The molecule has 16 heavy (non-hydrogen) atoms. The van der Waals surface area contributed by atoms with Crippen molar-refractivity contribution in [1.29, 1.82) is 0 Å². The largest absolute Gasteiger partial charge is 0.367 e. The molecular formula is C11H17N5. The number of hydrogen-bond donors (Lipinski definition) is 3. The van der Waals surface area contributed by atoms with Crippen molar-refractivity contribution < 1.29 is 0 Å². The molecule has 0 radical (unpaired) electrons. The average molecular weight is 219 g/mol. The van der Waals surface area contributed by atoms with Crippen LogP contribution in [0.25, 0.3) is 0 Å². The SMILES string of the molecule is CNc1nc2c(c(NC3CC3)n1)CNCC2. The molecule has 2 heterocycles. The highest BCUT2D eigenvalue weighted by Crippen LogP contribution is 2.28. The molecule has 0 atom stereocenters. The fraction of sp³-hybridized carbons (Fsp3) is 0.636. The minimum atomic E-state index is 0.630. The van der Waals surface area contributed by atoms with E-state index in [4.69, 9.17) is 0 Å². The first-order chi connectivity index (χ1) is 7.86. The minimum absolute atomic E-state index is 0.630. The topological polar surface area (TPSA) is 61.9 Å². The molecule has 5 nitrogen and oxygen atoms in total. The summed E-state index contributed by atoms with van der Waals surface area (Å²) in [5.41, 5.74) is 2.43. The number of fused-ring (bicyclic) bond motifs is 1. The molecule has 5 heteroatoms. The smallest absolute Gasteiger partial charge is 0.224 e. The lowest BCUT2D eigenvalue weighted by Crippen LogP contribution is -2.27. The van der Waals surface area contributed by atoms with Crippen LogP contribution in [0.1, 0.15) is 24.1 Å². The molecule has 86 valence electrons. The van der Waals surface area contributed by atoms with Crippen LogP contribution in [0.5, 0.6) is 0 Å². The quantitative estimate of drug-likeness (QED) is 0.700. The van der Waals surface area contributed by atoms with Crippen LogP contribution in [0.15, 0.2) is 0 Å². The van der Waals surface area contributed by atoms with Crippen LogP contribution in [0.4, 0.5) is 11.8 Å². The standard InChI is InChI=1S/C11H17N5/c1-12-11-15-9-4-5-13-6-8(9)10(16-11)14-7-2-3-7/h7,13H,2-6H2,1H3,(H2,12,14,15,16). The molecular weight excluding hydrogens is 202 g/mol. The number of aromatic nitrogens is 2. The summed E-state index contributed by atoms with van der Waals surface area (Å²) < 4.78 is 0. The second-order valence-electron chi connectivity index (χ2n) is 4.42. The van der Waals surface area contributed by atoms with Gasteiger partial charge in [-0.15, -0.1) is 0 Å². The van der Waals surface area contributed by atoms with Gasteiger partial charge in [-0.25, -0.2) is 4.98 Å². The van der Waals surface area contributed by atoms with Gasteiger partial charge < -0.3 is 16.0 Å². The highest BCUT2D eigenvalue weighted by atomic mass is 15.2. The summed E-state index contributed by atoms with van der Waals surface area (Å²) in [6.45, 7) is 1.89. The van der Waals surface area contributed by atoms with E-state index >= 15 is 0 Å². The molecule has 0 bridgehead atoms. The highest BCUT2D eigenvalue weighted by Gasteiger charge is 2.25. The van der Waals surface area contributed by atoms with Gasteiger partial charge >= 0.3 is 0 Å². The van der Waals surface area contributed by atoms with Crippen molar-refractivity contribution in [2.75, 3.05) is 24.2 Å². The summed E-state index contributed by atoms with van der Waals surface area (Å²) >= 11 is 0. The van der Waals surface area contributed by atoms with Crippen LogP contribution in [-0.4, -0.2) is 29.6 Å². The summed E-state index contributed by atoms with van der Waals surface area (Å²) in [5.74, 6) is 1.74. The van der Waals surface area contributed by atoms with Gasteiger partial charge in [-0.2, -0.15) is 4.98 Å².